The van der Waals surface area contributed by atoms with Crippen molar-refractivity contribution in [3.05, 3.63) is 29.3 Å². The zero-order valence-corrected chi connectivity index (χ0v) is 10.6. The Kier molecular flexibility index (Phi) is 5.53. The second-order valence-corrected chi connectivity index (χ2v) is 4.35. The van der Waals surface area contributed by atoms with Crippen molar-refractivity contribution >= 4 is 5.71 Å². The number of benzene rings is 1. The number of unbranched alkanes of at least 4 members (excludes halogenated alkanes) is 3. The molecule has 0 fully saturated rings. The van der Waals surface area contributed by atoms with E-state index in [9.17, 15) is 5.11 Å². The van der Waals surface area contributed by atoms with Gasteiger partial charge >= 0.3 is 0 Å². The molecule has 0 aliphatic rings. The van der Waals surface area contributed by atoms with E-state index in [1.165, 1.54) is 24.8 Å². The van der Waals surface area contributed by atoms with Gasteiger partial charge in [0.2, 0.25) is 0 Å². The lowest BCUT2D eigenvalue weighted by Crippen LogP contribution is -1.97. The van der Waals surface area contributed by atoms with Gasteiger partial charge in [-0.05, 0) is 37.5 Å². The minimum absolute atomic E-state index is 0.164. The van der Waals surface area contributed by atoms with Crippen LogP contribution >= 0.6 is 0 Å². The Balaban J connectivity index is 2.68. The summed E-state index contributed by atoms with van der Waals surface area (Å²) in [5.74, 6) is 0.164. The normalized spacial score (nSPS) is 11.8. The molecule has 0 radical (unpaired) electrons. The van der Waals surface area contributed by atoms with Gasteiger partial charge in [-0.15, -0.1) is 0 Å². The van der Waals surface area contributed by atoms with Gasteiger partial charge in [0.1, 0.15) is 5.75 Å². The molecule has 3 heteroatoms. The van der Waals surface area contributed by atoms with Crippen LogP contribution in [0.5, 0.6) is 5.75 Å². The van der Waals surface area contributed by atoms with Crippen LogP contribution in [-0.2, 0) is 6.42 Å². The fraction of sp³-hybridized carbons (Fsp3) is 0.500. The van der Waals surface area contributed by atoms with Crippen molar-refractivity contribution in [1.82, 2.24) is 0 Å². The van der Waals surface area contributed by atoms with Crippen LogP contribution in [-0.4, -0.2) is 16.0 Å². The predicted octanol–water partition coefficient (Wildman–Crippen LogP) is 3.71. The number of rotatable bonds is 6. The van der Waals surface area contributed by atoms with E-state index >= 15 is 0 Å². The van der Waals surface area contributed by atoms with E-state index in [1.54, 1.807) is 13.0 Å². The standard InChI is InChI=1S/C14H21NO2/c1-3-4-5-6-7-12-8-9-14(16)13(10-12)11(2)15-17/h8-10,16-17H,3-7H2,1-2H3/b15-11+. The monoisotopic (exact) mass is 235 g/mol. The number of phenols is 1. The van der Waals surface area contributed by atoms with E-state index in [-0.39, 0.29) is 5.75 Å². The average molecular weight is 235 g/mol. The zero-order valence-electron chi connectivity index (χ0n) is 10.6. The van der Waals surface area contributed by atoms with Gasteiger partial charge in [0, 0.05) is 5.56 Å². The highest BCUT2D eigenvalue weighted by Crippen LogP contribution is 2.20. The highest BCUT2D eigenvalue weighted by molar-refractivity contribution is 6.00. The molecule has 3 nitrogen and oxygen atoms in total. The number of oxime groups is 1. The van der Waals surface area contributed by atoms with Crippen molar-refractivity contribution in [2.24, 2.45) is 5.16 Å². The highest BCUT2D eigenvalue weighted by atomic mass is 16.4. The van der Waals surface area contributed by atoms with Gasteiger partial charge in [0.05, 0.1) is 5.71 Å². The van der Waals surface area contributed by atoms with Crippen LogP contribution < -0.4 is 0 Å². The van der Waals surface area contributed by atoms with Gasteiger partial charge in [-0.25, -0.2) is 0 Å². The van der Waals surface area contributed by atoms with Gasteiger partial charge in [-0.1, -0.05) is 37.4 Å². The molecular weight excluding hydrogens is 214 g/mol. The maximum atomic E-state index is 9.65. The van der Waals surface area contributed by atoms with Crippen LogP contribution in [0.1, 0.15) is 50.7 Å². The summed E-state index contributed by atoms with van der Waals surface area (Å²) in [5.41, 5.74) is 2.23. The van der Waals surface area contributed by atoms with Crippen molar-refractivity contribution < 1.29 is 10.3 Å². The summed E-state index contributed by atoms with van der Waals surface area (Å²) >= 11 is 0. The van der Waals surface area contributed by atoms with Crippen molar-refractivity contribution in [1.29, 1.82) is 0 Å². The minimum atomic E-state index is 0.164. The molecule has 94 valence electrons. The summed E-state index contributed by atoms with van der Waals surface area (Å²) in [7, 11) is 0. The summed E-state index contributed by atoms with van der Waals surface area (Å²) in [4.78, 5) is 0. The van der Waals surface area contributed by atoms with E-state index in [1.807, 2.05) is 12.1 Å². The fourth-order valence-electron chi connectivity index (χ4n) is 1.84. The van der Waals surface area contributed by atoms with Gasteiger partial charge < -0.3 is 10.3 Å². The Labute approximate surface area is 103 Å². The first-order chi connectivity index (χ1) is 8.19. The number of aromatic hydroxyl groups is 1. The Bertz CT molecular complexity index is 386. The molecule has 17 heavy (non-hydrogen) atoms. The lowest BCUT2D eigenvalue weighted by Gasteiger charge is -2.06. The van der Waals surface area contributed by atoms with Crippen molar-refractivity contribution in [2.75, 3.05) is 0 Å². The smallest absolute Gasteiger partial charge is 0.124 e. The largest absolute Gasteiger partial charge is 0.507 e. The molecule has 1 rings (SSSR count). The molecule has 0 aromatic heterocycles. The molecular formula is C14H21NO2. The molecule has 0 aliphatic heterocycles. The highest BCUT2D eigenvalue weighted by Gasteiger charge is 2.06. The van der Waals surface area contributed by atoms with Crippen LogP contribution in [0.15, 0.2) is 23.4 Å². The first kappa shape index (κ1) is 13.6. The van der Waals surface area contributed by atoms with E-state index in [0.717, 1.165) is 12.8 Å². The fourth-order valence-corrected chi connectivity index (χ4v) is 1.84. The summed E-state index contributed by atoms with van der Waals surface area (Å²) in [6.07, 6.45) is 5.90. The molecule has 0 amide bonds. The molecule has 1 aromatic rings. The molecule has 0 saturated carbocycles. The predicted molar refractivity (Wildman–Crippen MR) is 70.0 cm³/mol. The summed E-state index contributed by atoms with van der Waals surface area (Å²) in [6, 6.07) is 5.49. The molecule has 0 spiro atoms. The number of hydrogen-bond acceptors (Lipinski definition) is 3. The number of phenolic OH excluding ortho intramolecular Hbond substituents is 1. The van der Waals surface area contributed by atoms with Gasteiger partial charge in [-0.3, -0.25) is 0 Å². The van der Waals surface area contributed by atoms with E-state index in [2.05, 4.69) is 12.1 Å². The van der Waals surface area contributed by atoms with Crippen LogP contribution in [0.25, 0.3) is 0 Å². The van der Waals surface area contributed by atoms with Crippen molar-refractivity contribution in [3.8, 4) is 5.75 Å². The molecule has 0 heterocycles. The Morgan fingerprint density at radius 2 is 2.00 bits per heavy atom. The van der Waals surface area contributed by atoms with E-state index in [4.69, 9.17) is 5.21 Å². The molecule has 1 aromatic carbocycles. The molecule has 0 unspecified atom stereocenters. The van der Waals surface area contributed by atoms with Gasteiger partial charge in [0.25, 0.3) is 0 Å². The minimum Gasteiger partial charge on any atom is -0.507 e. The second-order valence-electron chi connectivity index (χ2n) is 4.35. The topological polar surface area (TPSA) is 52.8 Å². The first-order valence-electron chi connectivity index (χ1n) is 6.20. The van der Waals surface area contributed by atoms with Crippen molar-refractivity contribution in [2.45, 2.75) is 46.0 Å². The summed E-state index contributed by atoms with van der Waals surface area (Å²) in [6.45, 7) is 3.87. The quantitative estimate of drug-likeness (QED) is 0.342. The first-order valence-corrected chi connectivity index (χ1v) is 6.20. The van der Waals surface area contributed by atoms with Gasteiger partial charge in [-0.2, -0.15) is 0 Å². The van der Waals surface area contributed by atoms with Gasteiger partial charge in [0.15, 0.2) is 0 Å². The zero-order chi connectivity index (χ0) is 12.7. The third-order valence-electron chi connectivity index (χ3n) is 2.92. The number of aryl methyl sites for hydroxylation is 1. The van der Waals surface area contributed by atoms with Crippen LogP contribution in [0.4, 0.5) is 0 Å². The SMILES string of the molecule is CCCCCCc1ccc(O)c(/C(C)=N/O)c1. The molecule has 0 atom stereocenters. The lowest BCUT2D eigenvalue weighted by atomic mass is 10.0. The molecule has 2 N–H and O–H groups in total. The van der Waals surface area contributed by atoms with Crippen LogP contribution in [0, 0.1) is 0 Å². The maximum absolute atomic E-state index is 9.65. The average Bonchev–Trinajstić information content (AvgIpc) is 2.35. The number of hydrogen-bond donors (Lipinski definition) is 2. The summed E-state index contributed by atoms with van der Waals surface area (Å²) < 4.78 is 0. The van der Waals surface area contributed by atoms with E-state index < -0.39 is 0 Å². The van der Waals surface area contributed by atoms with Crippen molar-refractivity contribution in [3.63, 3.8) is 0 Å². The maximum Gasteiger partial charge on any atom is 0.124 e. The van der Waals surface area contributed by atoms with Crippen LogP contribution in [0.3, 0.4) is 0 Å². The summed E-state index contributed by atoms with van der Waals surface area (Å²) in [5, 5.41) is 21.5. The lowest BCUT2D eigenvalue weighted by molar-refractivity contribution is 0.318. The Hall–Kier alpha value is -1.51. The molecule has 0 saturated heterocycles. The molecule has 0 bridgehead atoms. The molecule has 0 aliphatic carbocycles. The second kappa shape index (κ2) is 6.94. The Morgan fingerprint density at radius 3 is 2.65 bits per heavy atom. The third kappa shape index (κ3) is 4.10. The number of nitrogens with zero attached hydrogens (tertiary/aromatic N) is 1. The third-order valence-corrected chi connectivity index (χ3v) is 2.92. The Morgan fingerprint density at radius 1 is 1.24 bits per heavy atom. The van der Waals surface area contributed by atoms with E-state index in [0.29, 0.717) is 11.3 Å². The van der Waals surface area contributed by atoms with Crippen LogP contribution in [0.2, 0.25) is 0 Å².